The molecule has 0 radical (unpaired) electrons. The normalized spacial score (nSPS) is 15.2. The summed E-state index contributed by atoms with van der Waals surface area (Å²) >= 11 is 1.48. The first-order chi connectivity index (χ1) is 15.8. The van der Waals surface area contributed by atoms with Crippen molar-refractivity contribution < 1.29 is 14.4 Å². The Morgan fingerprint density at radius 1 is 1.09 bits per heavy atom. The van der Waals surface area contributed by atoms with E-state index in [2.05, 4.69) is 15.5 Å². The van der Waals surface area contributed by atoms with Crippen molar-refractivity contribution in [3.05, 3.63) is 45.3 Å². The van der Waals surface area contributed by atoms with Crippen LogP contribution in [0.25, 0.3) is 0 Å². The van der Waals surface area contributed by atoms with Crippen molar-refractivity contribution in [2.75, 3.05) is 23.7 Å². The number of nitrogens with zero attached hydrogens (tertiary/aromatic N) is 1. The van der Waals surface area contributed by atoms with Gasteiger partial charge < -0.3 is 16.4 Å². The highest BCUT2D eigenvalue weighted by Gasteiger charge is 2.31. The van der Waals surface area contributed by atoms with Gasteiger partial charge in [0, 0.05) is 29.6 Å². The molecule has 1 saturated carbocycles. The van der Waals surface area contributed by atoms with Gasteiger partial charge in [0.25, 0.3) is 5.91 Å². The van der Waals surface area contributed by atoms with Crippen molar-refractivity contribution in [1.82, 2.24) is 4.90 Å². The summed E-state index contributed by atoms with van der Waals surface area (Å²) in [5.74, 6) is -0.706. The van der Waals surface area contributed by atoms with E-state index in [-0.39, 0.29) is 24.8 Å². The fourth-order valence-electron chi connectivity index (χ4n) is 4.42. The molecule has 8 heteroatoms. The monoisotopic (exact) mass is 468 g/mol. The molecule has 1 fully saturated rings. The van der Waals surface area contributed by atoms with Crippen molar-refractivity contribution >= 4 is 39.7 Å². The van der Waals surface area contributed by atoms with Crippen LogP contribution in [0.3, 0.4) is 0 Å². The number of anilines is 2. The molecule has 0 unspecified atom stereocenters. The van der Waals surface area contributed by atoms with Crippen LogP contribution < -0.4 is 16.4 Å². The van der Waals surface area contributed by atoms with Crippen LogP contribution in [-0.4, -0.2) is 41.8 Å². The number of nitrogens with two attached hydrogens (primary N) is 1. The quantitative estimate of drug-likeness (QED) is 0.521. The number of rotatable bonds is 9. The predicted octanol–water partition coefficient (Wildman–Crippen LogP) is 3.77. The maximum atomic E-state index is 12.7. The second-order valence-corrected chi connectivity index (χ2v) is 10.3. The first-order valence-electron chi connectivity index (χ1n) is 11.7. The van der Waals surface area contributed by atoms with Gasteiger partial charge in [0.15, 0.2) is 0 Å². The van der Waals surface area contributed by atoms with E-state index >= 15 is 0 Å². The van der Waals surface area contributed by atoms with Crippen LogP contribution in [0.1, 0.15) is 64.0 Å². The molecule has 2 aliphatic rings. The lowest BCUT2D eigenvalue weighted by Gasteiger charge is -2.21. The van der Waals surface area contributed by atoms with Crippen molar-refractivity contribution in [2.45, 2.75) is 64.8 Å². The Hall–Kier alpha value is -2.71. The Balaban J connectivity index is 1.35. The molecule has 4 rings (SSSR count). The van der Waals surface area contributed by atoms with Crippen molar-refractivity contribution in [3.63, 3.8) is 0 Å². The van der Waals surface area contributed by atoms with Crippen LogP contribution in [0.15, 0.2) is 18.2 Å². The number of fused-ring (bicyclic) bond motifs is 1. The summed E-state index contributed by atoms with van der Waals surface area (Å²) in [6.45, 7) is 4.72. The molecule has 1 aromatic heterocycles. The van der Waals surface area contributed by atoms with E-state index in [0.717, 1.165) is 65.8 Å². The second-order valence-electron chi connectivity index (χ2n) is 9.15. The zero-order valence-corrected chi connectivity index (χ0v) is 20.1. The standard InChI is InChI=1S/C25H32N4O3S/c1-15-7-8-16(2)19(13-15)27-22(31)14-29(17-9-10-17)12-11-21(30)28-25-23(24(26)32)18-5-3-4-6-20(18)33-25/h7-8,13,17H,3-6,9-12,14H2,1-2H3,(H2,26,32)(H,27,31)(H,28,30). The number of thiophene rings is 1. The maximum absolute atomic E-state index is 12.7. The molecule has 4 N–H and O–H groups in total. The van der Waals surface area contributed by atoms with Crippen LogP contribution in [0, 0.1) is 13.8 Å². The number of carbonyl (C=O) groups is 3. The number of nitrogens with one attached hydrogen (secondary N) is 2. The molecule has 176 valence electrons. The fourth-order valence-corrected chi connectivity index (χ4v) is 5.73. The van der Waals surface area contributed by atoms with E-state index in [1.807, 2.05) is 32.0 Å². The van der Waals surface area contributed by atoms with Gasteiger partial charge in [-0.2, -0.15) is 0 Å². The molecular formula is C25H32N4O3S. The topological polar surface area (TPSA) is 105 Å². The zero-order valence-electron chi connectivity index (χ0n) is 19.3. The summed E-state index contributed by atoms with van der Waals surface area (Å²) < 4.78 is 0. The van der Waals surface area contributed by atoms with E-state index in [0.29, 0.717) is 23.2 Å². The second kappa shape index (κ2) is 10.1. The van der Waals surface area contributed by atoms with Crippen LogP contribution in [0.5, 0.6) is 0 Å². The fraction of sp³-hybridized carbons (Fsp3) is 0.480. The molecule has 1 aromatic carbocycles. The van der Waals surface area contributed by atoms with Crippen molar-refractivity contribution in [1.29, 1.82) is 0 Å². The number of hydrogen-bond acceptors (Lipinski definition) is 5. The summed E-state index contributed by atoms with van der Waals surface area (Å²) in [6.07, 6.45) is 6.25. The SMILES string of the molecule is Cc1ccc(C)c(NC(=O)CN(CCC(=O)Nc2sc3c(c2C(N)=O)CCCC3)C2CC2)c1. The predicted molar refractivity (Wildman–Crippen MR) is 132 cm³/mol. The summed E-state index contributed by atoms with van der Waals surface area (Å²) in [5, 5.41) is 6.50. The Morgan fingerprint density at radius 3 is 2.58 bits per heavy atom. The molecule has 0 saturated heterocycles. The molecule has 7 nitrogen and oxygen atoms in total. The van der Waals surface area contributed by atoms with Gasteiger partial charge in [-0.15, -0.1) is 11.3 Å². The Bertz CT molecular complexity index is 1070. The number of primary amides is 1. The van der Waals surface area contributed by atoms with Crippen LogP contribution in [0.2, 0.25) is 0 Å². The van der Waals surface area contributed by atoms with Gasteiger partial charge in [0.2, 0.25) is 11.8 Å². The lowest BCUT2D eigenvalue weighted by molar-refractivity contribution is -0.119. The number of hydrogen-bond donors (Lipinski definition) is 3. The average molecular weight is 469 g/mol. The summed E-state index contributed by atoms with van der Waals surface area (Å²) in [5.41, 5.74) is 10.1. The largest absolute Gasteiger partial charge is 0.365 e. The third-order valence-corrected chi connectivity index (χ3v) is 7.58. The van der Waals surface area contributed by atoms with E-state index in [1.54, 1.807) is 0 Å². The highest BCUT2D eigenvalue weighted by molar-refractivity contribution is 7.17. The number of amides is 3. The van der Waals surface area contributed by atoms with Gasteiger partial charge in [-0.05, 0) is 75.1 Å². The van der Waals surface area contributed by atoms with E-state index in [9.17, 15) is 14.4 Å². The Morgan fingerprint density at radius 2 is 1.85 bits per heavy atom. The Kier molecular flexibility index (Phi) is 7.14. The van der Waals surface area contributed by atoms with Gasteiger partial charge in [0.05, 0.1) is 12.1 Å². The van der Waals surface area contributed by atoms with Gasteiger partial charge in [-0.1, -0.05) is 12.1 Å². The smallest absolute Gasteiger partial charge is 0.251 e. The molecule has 2 aromatic rings. The minimum Gasteiger partial charge on any atom is -0.365 e. The zero-order chi connectivity index (χ0) is 23.5. The van der Waals surface area contributed by atoms with Crippen LogP contribution >= 0.6 is 11.3 Å². The van der Waals surface area contributed by atoms with Gasteiger partial charge in [-0.25, -0.2) is 0 Å². The molecule has 3 amide bonds. The van der Waals surface area contributed by atoms with Crippen LogP contribution in [-0.2, 0) is 22.4 Å². The van der Waals surface area contributed by atoms with Gasteiger partial charge >= 0.3 is 0 Å². The highest BCUT2D eigenvalue weighted by Crippen LogP contribution is 2.38. The van der Waals surface area contributed by atoms with Crippen molar-refractivity contribution in [3.8, 4) is 0 Å². The van der Waals surface area contributed by atoms with Gasteiger partial charge in [0.1, 0.15) is 5.00 Å². The molecule has 1 heterocycles. The molecule has 2 aliphatic carbocycles. The molecule has 0 bridgehead atoms. The molecule has 33 heavy (non-hydrogen) atoms. The van der Waals surface area contributed by atoms with E-state index < -0.39 is 5.91 Å². The first-order valence-corrected chi connectivity index (χ1v) is 12.5. The van der Waals surface area contributed by atoms with Crippen LogP contribution in [0.4, 0.5) is 10.7 Å². The van der Waals surface area contributed by atoms with E-state index in [1.165, 1.54) is 11.3 Å². The third-order valence-electron chi connectivity index (χ3n) is 6.37. The minimum absolute atomic E-state index is 0.0713. The lowest BCUT2D eigenvalue weighted by atomic mass is 9.95. The number of aryl methyl sites for hydroxylation is 3. The number of carbonyl (C=O) groups excluding carboxylic acids is 3. The molecule has 0 spiro atoms. The average Bonchev–Trinajstić information content (AvgIpc) is 3.54. The highest BCUT2D eigenvalue weighted by atomic mass is 32.1. The first kappa shape index (κ1) is 23.4. The third kappa shape index (κ3) is 5.81. The molecule has 0 atom stereocenters. The summed E-state index contributed by atoms with van der Waals surface area (Å²) in [7, 11) is 0. The van der Waals surface area contributed by atoms with Gasteiger partial charge in [-0.3, -0.25) is 19.3 Å². The Labute approximate surface area is 198 Å². The van der Waals surface area contributed by atoms with Crippen molar-refractivity contribution in [2.24, 2.45) is 5.73 Å². The maximum Gasteiger partial charge on any atom is 0.251 e. The summed E-state index contributed by atoms with van der Waals surface area (Å²) in [4.78, 5) is 40.7. The number of benzene rings is 1. The summed E-state index contributed by atoms with van der Waals surface area (Å²) in [6, 6.07) is 6.33. The lowest BCUT2D eigenvalue weighted by Crippen LogP contribution is -2.37. The molecule has 0 aliphatic heterocycles. The van der Waals surface area contributed by atoms with E-state index in [4.69, 9.17) is 5.73 Å². The minimum atomic E-state index is -0.479. The molecular weight excluding hydrogens is 436 g/mol.